The highest BCUT2D eigenvalue weighted by Gasteiger charge is 2.41. The molecule has 126 valence electrons. The first kappa shape index (κ1) is 16.9. The van der Waals surface area contributed by atoms with Crippen LogP contribution in [0, 0.1) is 0 Å². The molecule has 0 radical (unpaired) electrons. The number of nitrogens with zero attached hydrogens (tertiary/aromatic N) is 1. The van der Waals surface area contributed by atoms with Gasteiger partial charge in [0.1, 0.15) is 4.88 Å². The van der Waals surface area contributed by atoms with E-state index in [-0.39, 0.29) is 5.91 Å². The second kappa shape index (κ2) is 6.91. The lowest BCUT2D eigenvalue weighted by atomic mass is 9.69. The van der Waals surface area contributed by atoms with Crippen molar-refractivity contribution in [3.05, 3.63) is 45.9 Å². The lowest BCUT2D eigenvalue weighted by molar-refractivity contribution is -0.122. The third kappa shape index (κ3) is 3.30. The van der Waals surface area contributed by atoms with E-state index < -0.39 is 11.3 Å². The molecule has 0 bridgehead atoms. The molecule has 0 aliphatic heterocycles. The molecule has 1 aliphatic rings. The molecule has 0 saturated heterocycles. The summed E-state index contributed by atoms with van der Waals surface area (Å²) in [5.74, 6) is -0.632. The minimum atomic E-state index is -0.582. The highest BCUT2D eigenvalue weighted by atomic mass is 35.5. The average molecular weight is 364 g/mol. The molecule has 1 aromatic heterocycles. The molecule has 1 aliphatic carbocycles. The van der Waals surface area contributed by atoms with E-state index in [1.165, 1.54) is 6.20 Å². The summed E-state index contributed by atoms with van der Waals surface area (Å²) >= 11 is 7.08. The third-order valence-electron chi connectivity index (χ3n) is 4.51. The van der Waals surface area contributed by atoms with Gasteiger partial charge >= 0.3 is 0 Å². The van der Waals surface area contributed by atoms with Crippen LogP contribution >= 0.6 is 22.9 Å². The first-order chi connectivity index (χ1) is 11.5. The number of hydrogen-bond acceptors (Lipinski definition) is 4. The van der Waals surface area contributed by atoms with Crippen LogP contribution < -0.4 is 11.1 Å². The van der Waals surface area contributed by atoms with Crippen LogP contribution in [0.15, 0.2) is 30.5 Å². The Hall–Kier alpha value is -1.92. The van der Waals surface area contributed by atoms with Crippen molar-refractivity contribution in [1.29, 1.82) is 0 Å². The van der Waals surface area contributed by atoms with Gasteiger partial charge in [0.05, 0.1) is 11.6 Å². The number of amides is 2. The van der Waals surface area contributed by atoms with Gasteiger partial charge in [-0.05, 0) is 30.5 Å². The Morgan fingerprint density at radius 2 is 1.83 bits per heavy atom. The lowest BCUT2D eigenvalue weighted by Gasteiger charge is -2.36. The van der Waals surface area contributed by atoms with Crippen LogP contribution in [0.2, 0.25) is 5.02 Å². The Labute approximate surface area is 149 Å². The van der Waals surface area contributed by atoms with Crippen LogP contribution in [0.3, 0.4) is 0 Å². The molecule has 5 nitrogen and oxygen atoms in total. The molecule has 0 atom stereocenters. The summed E-state index contributed by atoms with van der Waals surface area (Å²) in [6.45, 7) is 0. The van der Waals surface area contributed by atoms with E-state index >= 15 is 0 Å². The lowest BCUT2D eigenvalue weighted by Crippen LogP contribution is -2.42. The molecule has 1 heterocycles. The minimum absolute atomic E-state index is 0.0881. The Balaban J connectivity index is 1.88. The van der Waals surface area contributed by atoms with Crippen molar-refractivity contribution < 1.29 is 9.59 Å². The number of primary amides is 1. The molecule has 1 fully saturated rings. The Kier molecular flexibility index (Phi) is 4.87. The fourth-order valence-corrected chi connectivity index (χ4v) is 4.02. The molecule has 0 unspecified atom stereocenters. The maximum atomic E-state index is 13.1. The Bertz CT molecular complexity index is 751. The second-order valence-electron chi connectivity index (χ2n) is 6.00. The molecule has 3 N–H and O–H groups in total. The average Bonchev–Trinajstić information content (AvgIpc) is 3.05. The number of aromatic nitrogens is 1. The number of hydrogen-bond donors (Lipinski definition) is 2. The number of anilines is 1. The van der Waals surface area contributed by atoms with Crippen LogP contribution in [0.1, 0.15) is 47.3 Å². The molecular formula is C17H18ClN3O2S. The molecule has 3 rings (SSSR count). The fourth-order valence-electron chi connectivity index (χ4n) is 3.23. The topological polar surface area (TPSA) is 85.1 Å². The largest absolute Gasteiger partial charge is 0.365 e. The number of halogens is 1. The van der Waals surface area contributed by atoms with Gasteiger partial charge < -0.3 is 11.1 Å². The second-order valence-corrected chi connectivity index (χ2v) is 7.46. The summed E-state index contributed by atoms with van der Waals surface area (Å²) in [5, 5.41) is 3.91. The smallest absolute Gasteiger partial charge is 0.260 e. The summed E-state index contributed by atoms with van der Waals surface area (Å²) in [6, 6.07) is 7.47. The molecule has 0 spiro atoms. The van der Waals surface area contributed by atoms with Gasteiger partial charge in [-0.15, -0.1) is 0 Å². The standard InChI is InChI=1S/C17H18ClN3O2S/c18-12-6-4-11(5-7-12)17(8-2-1-3-9-17)15(23)21-16-20-10-13(24-16)14(19)22/h4-7,10H,1-3,8-9H2,(H2,19,22)(H,20,21,23). The number of thiazole rings is 1. The molecular weight excluding hydrogens is 346 g/mol. The minimum Gasteiger partial charge on any atom is -0.365 e. The van der Waals surface area contributed by atoms with Gasteiger partial charge in [0.2, 0.25) is 5.91 Å². The molecule has 7 heteroatoms. The highest BCUT2D eigenvalue weighted by molar-refractivity contribution is 7.17. The number of rotatable bonds is 4. The van der Waals surface area contributed by atoms with Crippen molar-refractivity contribution >= 4 is 39.9 Å². The van der Waals surface area contributed by atoms with Gasteiger partial charge in [-0.1, -0.05) is 54.3 Å². The van der Waals surface area contributed by atoms with Crippen molar-refractivity contribution in [1.82, 2.24) is 4.98 Å². The van der Waals surface area contributed by atoms with E-state index in [1.54, 1.807) is 0 Å². The zero-order valence-corrected chi connectivity index (χ0v) is 14.6. The molecule has 2 amide bonds. The summed E-state index contributed by atoms with van der Waals surface area (Å²) < 4.78 is 0. The normalized spacial score (nSPS) is 16.5. The van der Waals surface area contributed by atoms with Gasteiger partial charge in [-0.3, -0.25) is 9.59 Å². The number of carbonyl (C=O) groups is 2. The zero-order valence-electron chi connectivity index (χ0n) is 13.0. The van der Waals surface area contributed by atoms with E-state index in [1.807, 2.05) is 24.3 Å². The summed E-state index contributed by atoms with van der Waals surface area (Å²) in [7, 11) is 0. The van der Waals surface area contributed by atoms with E-state index in [9.17, 15) is 9.59 Å². The molecule has 2 aromatic rings. The van der Waals surface area contributed by atoms with Crippen LogP contribution in [-0.2, 0) is 10.2 Å². The van der Waals surface area contributed by atoms with E-state index in [0.29, 0.717) is 15.0 Å². The maximum Gasteiger partial charge on any atom is 0.260 e. The van der Waals surface area contributed by atoms with Crippen molar-refractivity contribution in [2.45, 2.75) is 37.5 Å². The zero-order chi connectivity index (χ0) is 17.2. The van der Waals surface area contributed by atoms with Gasteiger partial charge in [-0.2, -0.15) is 0 Å². The Morgan fingerprint density at radius 1 is 1.17 bits per heavy atom. The van der Waals surface area contributed by atoms with Crippen molar-refractivity contribution in [2.24, 2.45) is 5.73 Å². The monoisotopic (exact) mass is 363 g/mol. The van der Waals surface area contributed by atoms with Crippen molar-refractivity contribution in [2.75, 3.05) is 5.32 Å². The van der Waals surface area contributed by atoms with E-state index in [2.05, 4.69) is 10.3 Å². The van der Waals surface area contributed by atoms with Crippen LogP contribution in [-0.4, -0.2) is 16.8 Å². The van der Waals surface area contributed by atoms with E-state index in [4.69, 9.17) is 17.3 Å². The Morgan fingerprint density at radius 3 is 2.42 bits per heavy atom. The maximum absolute atomic E-state index is 13.1. The number of carbonyl (C=O) groups excluding carboxylic acids is 2. The summed E-state index contributed by atoms with van der Waals surface area (Å²) in [5.41, 5.74) is 5.62. The molecule has 1 aromatic carbocycles. The van der Waals surface area contributed by atoms with Crippen LogP contribution in [0.4, 0.5) is 5.13 Å². The highest BCUT2D eigenvalue weighted by Crippen LogP contribution is 2.41. The van der Waals surface area contributed by atoms with Gasteiger partial charge in [0.15, 0.2) is 5.13 Å². The first-order valence-corrected chi connectivity index (χ1v) is 9.04. The number of benzene rings is 1. The fraction of sp³-hybridized carbons (Fsp3) is 0.353. The molecule has 24 heavy (non-hydrogen) atoms. The van der Waals surface area contributed by atoms with Crippen LogP contribution in [0.25, 0.3) is 0 Å². The summed E-state index contributed by atoms with van der Waals surface area (Å²) in [6.07, 6.45) is 6.09. The number of nitrogens with two attached hydrogens (primary N) is 1. The third-order valence-corrected chi connectivity index (χ3v) is 5.69. The molecule has 1 saturated carbocycles. The van der Waals surface area contributed by atoms with Crippen LogP contribution in [0.5, 0.6) is 0 Å². The van der Waals surface area contributed by atoms with Gasteiger partial charge in [-0.25, -0.2) is 4.98 Å². The van der Waals surface area contributed by atoms with Gasteiger partial charge in [0, 0.05) is 5.02 Å². The SMILES string of the molecule is NC(=O)c1cnc(NC(=O)C2(c3ccc(Cl)cc3)CCCCC2)s1. The van der Waals surface area contributed by atoms with Crippen molar-refractivity contribution in [3.8, 4) is 0 Å². The quantitative estimate of drug-likeness (QED) is 0.867. The number of nitrogens with one attached hydrogen (secondary N) is 1. The summed E-state index contributed by atoms with van der Waals surface area (Å²) in [4.78, 5) is 28.6. The predicted molar refractivity (Wildman–Crippen MR) is 95.5 cm³/mol. The van der Waals surface area contributed by atoms with E-state index in [0.717, 1.165) is 49.0 Å². The van der Waals surface area contributed by atoms with Gasteiger partial charge in [0.25, 0.3) is 5.91 Å². The van der Waals surface area contributed by atoms with Crippen molar-refractivity contribution in [3.63, 3.8) is 0 Å². The first-order valence-electron chi connectivity index (χ1n) is 7.84. The predicted octanol–water partition coefficient (Wildman–Crippen LogP) is 3.74.